The van der Waals surface area contributed by atoms with Gasteiger partial charge in [-0.25, -0.2) is 4.98 Å². The molecular weight excluding hydrogens is 271 g/mol. The van der Waals surface area contributed by atoms with Crippen molar-refractivity contribution in [3.63, 3.8) is 0 Å². The first-order valence-electron chi connectivity index (χ1n) is 6.18. The van der Waals surface area contributed by atoms with Gasteiger partial charge in [-0.05, 0) is 31.5 Å². The molecule has 0 bridgehead atoms. The van der Waals surface area contributed by atoms with E-state index < -0.39 is 11.7 Å². The number of nitrogens with zero attached hydrogens (tertiary/aromatic N) is 2. The highest BCUT2D eigenvalue weighted by Gasteiger charge is 2.31. The summed E-state index contributed by atoms with van der Waals surface area (Å²) in [6.45, 7) is 2.47. The molecule has 2 aromatic rings. The van der Waals surface area contributed by atoms with Gasteiger partial charge in [0.2, 0.25) is 5.95 Å². The van der Waals surface area contributed by atoms with Gasteiger partial charge in [0.1, 0.15) is 0 Å². The van der Waals surface area contributed by atoms with Gasteiger partial charge in [-0.3, -0.25) is 0 Å². The number of fused-ring (bicyclic) bond motifs is 1. The van der Waals surface area contributed by atoms with Gasteiger partial charge >= 0.3 is 6.18 Å². The van der Waals surface area contributed by atoms with Crippen LogP contribution >= 0.6 is 0 Å². The second kappa shape index (κ2) is 5.32. The number of aromatic nitrogens is 2. The molecule has 1 heterocycles. The molecule has 1 aromatic carbocycles. The van der Waals surface area contributed by atoms with E-state index in [0.29, 0.717) is 18.5 Å². The Balaban J connectivity index is 2.45. The van der Waals surface area contributed by atoms with E-state index in [9.17, 15) is 13.2 Å². The number of nitrogens with two attached hydrogens (primary N) is 1. The number of imidazole rings is 1. The minimum absolute atomic E-state index is 0.00307. The number of alkyl halides is 3. The third-order valence-corrected chi connectivity index (χ3v) is 3.22. The van der Waals surface area contributed by atoms with Crippen LogP contribution in [0, 0.1) is 0 Å². The van der Waals surface area contributed by atoms with Gasteiger partial charge in [0.15, 0.2) is 0 Å². The third-order valence-electron chi connectivity index (χ3n) is 3.22. The number of benzene rings is 1. The lowest BCUT2D eigenvalue weighted by molar-refractivity contribution is -0.137. The number of methoxy groups -OCH3 is 1. The first kappa shape index (κ1) is 14.6. The number of halogens is 3. The fourth-order valence-electron chi connectivity index (χ4n) is 2.17. The van der Waals surface area contributed by atoms with Crippen LogP contribution in [0.4, 0.5) is 19.1 Å². The molecule has 2 rings (SSSR count). The van der Waals surface area contributed by atoms with Crippen molar-refractivity contribution in [3.05, 3.63) is 23.8 Å². The molecule has 0 amide bonds. The Bertz CT molecular complexity index is 607. The molecule has 0 radical (unpaired) electrons. The molecule has 4 nitrogen and oxygen atoms in total. The highest BCUT2D eigenvalue weighted by atomic mass is 19.4. The van der Waals surface area contributed by atoms with Gasteiger partial charge in [-0.1, -0.05) is 0 Å². The Hall–Kier alpha value is -1.76. The van der Waals surface area contributed by atoms with Gasteiger partial charge in [0, 0.05) is 19.8 Å². The number of anilines is 1. The van der Waals surface area contributed by atoms with Crippen molar-refractivity contribution >= 4 is 17.0 Å². The van der Waals surface area contributed by atoms with Crippen LogP contribution in [0.5, 0.6) is 0 Å². The summed E-state index contributed by atoms with van der Waals surface area (Å²) in [4.78, 5) is 4.02. The van der Waals surface area contributed by atoms with E-state index in [1.54, 1.807) is 11.7 Å². The number of hydrogen-bond acceptors (Lipinski definition) is 3. The minimum atomic E-state index is -4.38. The second-order valence-electron chi connectivity index (χ2n) is 4.67. The van der Waals surface area contributed by atoms with Gasteiger partial charge < -0.3 is 15.0 Å². The zero-order valence-electron chi connectivity index (χ0n) is 11.2. The van der Waals surface area contributed by atoms with Crippen molar-refractivity contribution in [2.24, 2.45) is 0 Å². The summed E-state index contributed by atoms with van der Waals surface area (Å²) in [7, 11) is 1.59. The van der Waals surface area contributed by atoms with E-state index in [1.807, 2.05) is 6.92 Å². The number of ether oxygens (including phenoxy) is 1. The highest BCUT2D eigenvalue weighted by Crippen LogP contribution is 2.33. The Kier molecular flexibility index (Phi) is 3.89. The van der Waals surface area contributed by atoms with E-state index >= 15 is 0 Å². The zero-order chi connectivity index (χ0) is 14.9. The third kappa shape index (κ3) is 2.72. The summed E-state index contributed by atoms with van der Waals surface area (Å²) in [6.07, 6.45) is -3.68. The molecule has 1 unspecified atom stereocenters. The molecule has 1 aromatic heterocycles. The monoisotopic (exact) mass is 287 g/mol. The largest absolute Gasteiger partial charge is 0.416 e. The lowest BCUT2D eigenvalue weighted by Gasteiger charge is -2.15. The summed E-state index contributed by atoms with van der Waals surface area (Å²) in [5, 5.41) is 0. The lowest BCUT2D eigenvalue weighted by atomic mass is 10.2. The van der Waals surface area contributed by atoms with Crippen molar-refractivity contribution in [2.45, 2.75) is 25.6 Å². The average molecular weight is 287 g/mol. The van der Waals surface area contributed by atoms with Crippen LogP contribution in [-0.2, 0) is 10.9 Å². The average Bonchev–Trinajstić information content (AvgIpc) is 2.69. The molecule has 0 aliphatic carbocycles. The van der Waals surface area contributed by atoms with E-state index in [4.69, 9.17) is 10.5 Å². The molecule has 1 atom stereocenters. The second-order valence-corrected chi connectivity index (χ2v) is 4.67. The van der Waals surface area contributed by atoms with Crippen molar-refractivity contribution in [1.82, 2.24) is 9.55 Å². The molecule has 0 saturated heterocycles. The molecule has 7 heteroatoms. The Morgan fingerprint density at radius 3 is 2.70 bits per heavy atom. The van der Waals surface area contributed by atoms with Crippen LogP contribution in [0.3, 0.4) is 0 Å². The maximum Gasteiger partial charge on any atom is 0.416 e. The first-order chi connectivity index (χ1) is 9.34. The topological polar surface area (TPSA) is 53.1 Å². The number of hydrogen-bond donors (Lipinski definition) is 1. The van der Waals surface area contributed by atoms with Crippen molar-refractivity contribution < 1.29 is 17.9 Å². The zero-order valence-corrected chi connectivity index (χ0v) is 11.2. The Morgan fingerprint density at radius 2 is 2.10 bits per heavy atom. The van der Waals surface area contributed by atoms with Crippen LogP contribution in [0.25, 0.3) is 11.0 Å². The SMILES string of the molecule is COCCC(C)n1c(N)nc2cc(C(F)(F)F)ccc21. The van der Waals surface area contributed by atoms with Gasteiger partial charge in [0.25, 0.3) is 0 Å². The van der Waals surface area contributed by atoms with Crippen LogP contribution in [-0.4, -0.2) is 23.3 Å². The molecule has 2 N–H and O–H groups in total. The van der Waals surface area contributed by atoms with Gasteiger partial charge in [-0.2, -0.15) is 13.2 Å². The number of nitrogen functional groups attached to an aromatic ring is 1. The number of rotatable bonds is 4. The molecule has 0 aliphatic heterocycles. The maximum absolute atomic E-state index is 12.7. The summed E-state index contributed by atoms with van der Waals surface area (Å²) in [5.41, 5.74) is 5.94. The molecule has 110 valence electrons. The summed E-state index contributed by atoms with van der Waals surface area (Å²) in [6, 6.07) is 3.47. The molecular formula is C13H16F3N3O. The van der Waals surface area contributed by atoms with Crippen LogP contribution in [0.2, 0.25) is 0 Å². The van der Waals surface area contributed by atoms with E-state index in [1.165, 1.54) is 6.07 Å². The predicted octanol–water partition coefficient (Wildman–Crippen LogP) is 3.23. The fourth-order valence-corrected chi connectivity index (χ4v) is 2.17. The fraction of sp³-hybridized carbons (Fsp3) is 0.462. The Labute approximate surface area is 114 Å². The quantitative estimate of drug-likeness (QED) is 0.939. The van der Waals surface area contributed by atoms with Crippen molar-refractivity contribution in [1.29, 1.82) is 0 Å². The van der Waals surface area contributed by atoms with Crippen LogP contribution in [0.15, 0.2) is 18.2 Å². The van der Waals surface area contributed by atoms with Crippen molar-refractivity contribution in [2.75, 3.05) is 19.5 Å². The Morgan fingerprint density at radius 1 is 1.40 bits per heavy atom. The van der Waals surface area contributed by atoms with Gasteiger partial charge in [0.05, 0.1) is 16.6 Å². The van der Waals surface area contributed by atoms with Crippen LogP contribution < -0.4 is 5.73 Å². The normalized spacial score (nSPS) is 13.8. The van der Waals surface area contributed by atoms with Crippen LogP contribution in [0.1, 0.15) is 24.9 Å². The maximum atomic E-state index is 12.7. The van der Waals surface area contributed by atoms with Crippen molar-refractivity contribution in [3.8, 4) is 0 Å². The van der Waals surface area contributed by atoms with Gasteiger partial charge in [-0.15, -0.1) is 0 Å². The van der Waals surface area contributed by atoms with E-state index in [0.717, 1.165) is 12.1 Å². The summed E-state index contributed by atoms with van der Waals surface area (Å²) < 4.78 is 44.7. The predicted molar refractivity (Wildman–Crippen MR) is 70.4 cm³/mol. The van der Waals surface area contributed by atoms with E-state index in [2.05, 4.69) is 4.98 Å². The molecule has 0 saturated carbocycles. The molecule has 20 heavy (non-hydrogen) atoms. The summed E-state index contributed by atoms with van der Waals surface area (Å²) in [5.74, 6) is 0.211. The molecule has 0 fully saturated rings. The summed E-state index contributed by atoms with van der Waals surface area (Å²) >= 11 is 0. The molecule has 0 spiro atoms. The molecule has 0 aliphatic rings. The first-order valence-corrected chi connectivity index (χ1v) is 6.18. The minimum Gasteiger partial charge on any atom is -0.385 e. The highest BCUT2D eigenvalue weighted by molar-refractivity contribution is 5.79. The standard InChI is InChI=1S/C13H16F3N3O/c1-8(5-6-20-2)19-11-4-3-9(13(14,15)16)7-10(11)18-12(19)17/h3-4,7-8H,5-6H2,1-2H3,(H2,17,18). The smallest absolute Gasteiger partial charge is 0.385 e. The lowest BCUT2D eigenvalue weighted by Crippen LogP contribution is -2.11. The van der Waals surface area contributed by atoms with E-state index in [-0.39, 0.29) is 17.5 Å².